The molecule has 1 aromatic heterocycles. The summed E-state index contributed by atoms with van der Waals surface area (Å²) in [5.41, 5.74) is 1.93. The molecule has 1 aliphatic heterocycles. The number of rotatable bonds is 17. The van der Waals surface area contributed by atoms with Crippen molar-refractivity contribution in [3.63, 3.8) is 0 Å². The van der Waals surface area contributed by atoms with Gasteiger partial charge < -0.3 is 36.7 Å². The van der Waals surface area contributed by atoms with Crippen LogP contribution < -0.4 is 14.2 Å². The minimum absolute atomic E-state index is 0.0125. The van der Waals surface area contributed by atoms with Crippen LogP contribution in [0.25, 0.3) is 0 Å². The zero-order valence-corrected chi connectivity index (χ0v) is 35.9. The highest BCUT2D eigenvalue weighted by Gasteiger charge is 2.53. The van der Waals surface area contributed by atoms with E-state index < -0.39 is 64.0 Å². The fraction of sp³-hybridized carbons (Fsp3) is 0.571. The van der Waals surface area contributed by atoms with Crippen LogP contribution in [0.4, 0.5) is 0 Å². The quantitative estimate of drug-likeness (QED) is 0.127. The van der Waals surface area contributed by atoms with E-state index in [0.717, 1.165) is 11.1 Å². The minimum Gasteiger partial charge on any atom is -0.458 e. The zero-order valence-electron chi connectivity index (χ0n) is 31.9. The molecule has 0 bridgehead atoms. The Kier molecular flexibility index (Phi) is 13.6. The first-order valence-electron chi connectivity index (χ1n) is 17.3. The van der Waals surface area contributed by atoms with Gasteiger partial charge in [-0.25, -0.2) is 0 Å². The maximum Gasteiger partial charge on any atom is 0.328 e. The number of nitrogens with zero attached hydrogens (tertiary/aromatic N) is 3. The van der Waals surface area contributed by atoms with Gasteiger partial charge in [-0.15, -0.1) is 15.0 Å². The summed E-state index contributed by atoms with van der Waals surface area (Å²) in [5, 5.41) is 0. The molecule has 15 heteroatoms. The highest BCUT2D eigenvalue weighted by atomic mass is 28.4. The van der Waals surface area contributed by atoms with E-state index in [2.05, 4.69) is 93.5 Å². The van der Waals surface area contributed by atoms with Gasteiger partial charge in [0.05, 0.1) is 6.61 Å². The van der Waals surface area contributed by atoms with Crippen LogP contribution in [0.15, 0.2) is 60.7 Å². The smallest absolute Gasteiger partial charge is 0.328 e. The highest BCUT2D eigenvalue weighted by Crippen LogP contribution is 2.35. The van der Waals surface area contributed by atoms with Gasteiger partial charge in [-0.3, -0.25) is 0 Å². The lowest BCUT2D eigenvalue weighted by Crippen LogP contribution is -2.67. The van der Waals surface area contributed by atoms with E-state index in [-0.39, 0.29) is 31.2 Å². The van der Waals surface area contributed by atoms with Crippen molar-refractivity contribution in [3.05, 3.63) is 71.8 Å². The van der Waals surface area contributed by atoms with Crippen LogP contribution in [-0.4, -0.2) is 85.5 Å². The topological polar surface area (TPSA) is 113 Å². The molecule has 1 aliphatic rings. The fourth-order valence-corrected chi connectivity index (χ4v) is 9.03. The summed E-state index contributed by atoms with van der Waals surface area (Å²) in [6, 6.07) is 19.7. The Hall–Kier alpha value is -2.48. The first-order valence-corrected chi connectivity index (χ1v) is 31.0. The Morgan fingerprint density at radius 1 is 0.520 bits per heavy atom. The van der Waals surface area contributed by atoms with E-state index in [0.29, 0.717) is 6.61 Å². The van der Waals surface area contributed by atoms with Crippen LogP contribution in [0.2, 0.25) is 78.6 Å². The first kappa shape index (κ1) is 40.3. The van der Waals surface area contributed by atoms with Crippen LogP contribution in [0, 0.1) is 0 Å². The Morgan fingerprint density at radius 2 is 0.940 bits per heavy atom. The molecule has 0 unspecified atom stereocenters. The molecule has 1 saturated heterocycles. The van der Waals surface area contributed by atoms with E-state index in [1.807, 2.05) is 60.7 Å². The molecular formula is C35H57N3O8Si4. The largest absolute Gasteiger partial charge is 0.458 e. The van der Waals surface area contributed by atoms with Crippen LogP contribution in [0.3, 0.4) is 0 Å². The third-order valence-corrected chi connectivity index (χ3v) is 10.9. The Balaban J connectivity index is 1.74. The Labute approximate surface area is 302 Å². The molecule has 11 nitrogen and oxygen atoms in total. The molecule has 5 atom stereocenters. The summed E-state index contributed by atoms with van der Waals surface area (Å²) < 4.78 is 52.7. The predicted molar refractivity (Wildman–Crippen MR) is 205 cm³/mol. The van der Waals surface area contributed by atoms with Crippen LogP contribution in [0.5, 0.6) is 18.0 Å². The van der Waals surface area contributed by atoms with Crippen molar-refractivity contribution in [2.75, 3.05) is 6.61 Å². The normalized spacial score (nSPS) is 21.9. The third-order valence-electron chi connectivity index (χ3n) is 6.96. The summed E-state index contributed by atoms with van der Waals surface area (Å²) in [6.45, 7) is 26.7. The first-order chi connectivity index (χ1) is 23.2. The van der Waals surface area contributed by atoms with Gasteiger partial charge in [-0.1, -0.05) is 60.7 Å². The maximum atomic E-state index is 6.97. The fourth-order valence-electron chi connectivity index (χ4n) is 5.12. The van der Waals surface area contributed by atoms with Gasteiger partial charge in [0.1, 0.15) is 37.6 Å². The van der Waals surface area contributed by atoms with Crippen molar-refractivity contribution in [1.82, 2.24) is 15.0 Å². The Bertz CT molecular complexity index is 1420. The van der Waals surface area contributed by atoms with Gasteiger partial charge >= 0.3 is 18.0 Å². The predicted octanol–water partition coefficient (Wildman–Crippen LogP) is 7.65. The molecule has 2 heterocycles. The second kappa shape index (κ2) is 16.9. The zero-order chi connectivity index (χ0) is 36.7. The van der Waals surface area contributed by atoms with Crippen molar-refractivity contribution in [2.45, 2.75) is 122 Å². The van der Waals surface area contributed by atoms with Crippen molar-refractivity contribution < 1.29 is 36.7 Å². The number of benzene rings is 2. The van der Waals surface area contributed by atoms with Crippen LogP contribution in [0.1, 0.15) is 11.1 Å². The van der Waals surface area contributed by atoms with Gasteiger partial charge in [0.15, 0.2) is 33.3 Å². The molecule has 0 saturated carbocycles. The molecule has 276 valence electrons. The number of hydrogen-bond acceptors (Lipinski definition) is 11. The van der Waals surface area contributed by atoms with Crippen LogP contribution in [-0.2, 0) is 35.7 Å². The molecule has 0 amide bonds. The van der Waals surface area contributed by atoms with Crippen LogP contribution >= 0.6 is 0 Å². The van der Waals surface area contributed by atoms with E-state index in [1.165, 1.54) is 0 Å². The minimum atomic E-state index is -2.20. The maximum absolute atomic E-state index is 6.97. The van der Waals surface area contributed by atoms with E-state index >= 15 is 0 Å². The van der Waals surface area contributed by atoms with Crippen molar-refractivity contribution in [3.8, 4) is 18.0 Å². The number of aromatic nitrogens is 3. The SMILES string of the molecule is C[Si](C)(C)OC[C@H]1O[C@@H](Oc2nc(OCc3ccccc3)nc(OCc3ccccc3)n2)[C@H](O[Si](C)(C)C)[C@@H](O[Si](C)(C)C)[C@@H]1O[Si](C)(C)C. The summed E-state index contributed by atoms with van der Waals surface area (Å²) in [5.74, 6) is 0. The molecule has 50 heavy (non-hydrogen) atoms. The molecule has 0 spiro atoms. The molecule has 0 N–H and O–H groups in total. The molecule has 2 aromatic carbocycles. The summed E-state index contributed by atoms with van der Waals surface area (Å²) in [6.07, 6.45) is -3.01. The standard InChI is InChI=1S/C35H57N3O8Si4/c1-47(2,3)41-25-28-29(44-48(4,5)6)30(45-49(7,8)9)31(46-50(10,11)12)32(42-28)43-35-37-33(39-23-26-19-15-13-16-20-26)36-34(38-35)40-24-27-21-17-14-18-22-27/h13-22,28-32H,23-25H2,1-12H3/t28-,29-,30+,31-,32+/m1/s1. The molecular weight excluding hydrogens is 703 g/mol. The molecule has 0 radical (unpaired) electrons. The van der Waals surface area contributed by atoms with Gasteiger partial charge in [-0.05, 0) is 89.7 Å². The molecule has 3 aromatic rings. The van der Waals surface area contributed by atoms with E-state index in [9.17, 15) is 0 Å². The van der Waals surface area contributed by atoms with Crippen molar-refractivity contribution in [2.24, 2.45) is 0 Å². The highest BCUT2D eigenvalue weighted by molar-refractivity contribution is 6.71. The van der Waals surface area contributed by atoms with E-state index in [1.54, 1.807) is 0 Å². The number of ether oxygens (including phenoxy) is 4. The average molecular weight is 760 g/mol. The molecule has 0 aliphatic carbocycles. The number of hydrogen-bond donors (Lipinski definition) is 0. The molecule has 1 fully saturated rings. The lowest BCUT2D eigenvalue weighted by molar-refractivity contribution is -0.266. The van der Waals surface area contributed by atoms with Gasteiger partial charge in [0.25, 0.3) is 0 Å². The van der Waals surface area contributed by atoms with Gasteiger partial charge in [0, 0.05) is 0 Å². The van der Waals surface area contributed by atoms with Gasteiger partial charge in [0.2, 0.25) is 6.29 Å². The monoisotopic (exact) mass is 759 g/mol. The summed E-state index contributed by atoms with van der Waals surface area (Å²) in [7, 11) is -8.36. The molecule has 4 rings (SSSR count). The third kappa shape index (κ3) is 13.9. The Morgan fingerprint density at radius 3 is 1.38 bits per heavy atom. The van der Waals surface area contributed by atoms with Gasteiger partial charge in [-0.2, -0.15) is 0 Å². The average Bonchev–Trinajstić information content (AvgIpc) is 3.00. The second-order valence-corrected chi connectivity index (χ2v) is 34.3. The van der Waals surface area contributed by atoms with Crippen molar-refractivity contribution in [1.29, 1.82) is 0 Å². The summed E-state index contributed by atoms with van der Waals surface area (Å²) in [4.78, 5) is 13.6. The second-order valence-electron chi connectivity index (χ2n) is 16.4. The lowest BCUT2D eigenvalue weighted by Gasteiger charge is -2.50. The summed E-state index contributed by atoms with van der Waals surface area (Å²) >= 11 is 0. The van der Waals surface area contributed by atoms with E-state index in [4.69, 9.17) is 36.7 Å². The lowest BCUT2D eigenvalue weighted by atomic mass is 9.99. The van der Waals surface area contributed by atoms with Crippen molar-refractivity contribution >= 4 is 33.3 Å².